The molecule has 34 heavy (non-hydrogen) atoms. The third-order valence-electron chi connectivity index (χ3n) is 5.40. The van der Waals surface area contributed by atoms with E-state index in [1.54, 1.807) is 31.2 Å². The highest BCUT2D eigenvalue weighted by Gasteiger charge is 2.74. The molecule has 0 aliphatic carbocycles. The number of benzene rings is 2. The molecule has 0 atom stereocenters. The second-order valence-electron chi connectivity index (χ2n) is 7.76. The molecule has 0 unspecified atom stereocenters. The predicted octanol–water partition coefficient (Wildman–Crippen LogP) is 6.34. The summed E-state index contributed by atoms with van der Waals surface area (Å²) in [5, 5.41) is 9.35. The molecule has 1 aromatic heterocycles. The normalized spacial score (nSPS) is 12.5. The Morgan fingerprint density at radius 3 is 2.06 bits per heavy atom. The van der Waals surface area contributed by atoms with Gasteiger partial charge in [0.25, 0.3) is 5.56 Å². The van der Waals surface area contributed by atoms with Crippen LogP contribution in [0.25, 0.3) is 11.3 Å². The molecule has 3 rings (SSSR count). The summed E-state index contributed by atoms with van der Waals surface area (Å²) in [5.41, 5.74) is -2.92. The van der Waals surface area contributed by atoms with Crippen molar-refractivity contribution in [3.63, 3.8) is 0 Å². The third kappa shape index (κ3) is 4.18. The number of nitrogens with zero attached hydrogens (tertiary/aromatic N) is 2. The van der Waals surface area contributed by atoms with Gasteiger partial charge in [-0.3, -0.25) is 4.79 Å². The molecule has 0 saturated heterocycles. The van der Waals surface area contributed by atoms with Crippen molar-refractivity contribution in [3.8, 4) is 17.3 Å². The van der Waals surface area contributed by atoms with Crippen LogP contribution >= 0.6 is 0 Å². The van der Waals surface area contributed by atoms with E-state index < -0.39 is 34.7 Å². The first kappa shape index (κ1) is 25.0. The van der Waals surface area contributed by atoms with Crippen LogP contribution in [0.3, 0.4) is 0 Å². The van der Waals surface area contributed by atoms with Crippen LogP contribution in [0.2, 0.25) is 0 Å². The molecule has 0 aliphatic heterocycles. The van der Waals surface area contributed by atoms with E-state index >= 15 is 0 Å². The van der Waals surface area contributed by atoms with E-state index in [1.807, 2.05) is 6.92 Å². The van der Waals surface area contributed by atoms with Crippen LogP contribution in [0.1, 0.15) is 27.8 Å². The van der Waals surface area contributed by atoms with Crippen molar-refractivity contribution in [2.45, 2.75) is 38.4 Å². The number of hydrogen-bond acceptors (Lipinski definition) is 2. The Kier molecular flexibility index (Phi) is 6.35. The zero-order chi connectivity index (χ0) is 25.5. The molecule has 3 aromatic rings. The van der Waals surface area contributed by atoms with Gasteiger partial charge in [0.1, 0.15) is 11.6 Å². The van der Waals surface area contributed by atoms with Gasteiger partial charge in [-0.25, -0.2) is 0 Å². The molecule has 0 N–H and O–H groups in total. The zero-order valence-electron chi connectivity index (χ0n) is 17.9. The molecule has 2 aromatic carbocycles. The van der Waals surface area contributed by atoms with Gasteiger partial charge < -0.3 is 4.57 Å². The zero-order valence-corrected chi connectivity index (χ0v) is 17.9. The summed E-state index contributed by atoms with van der Waals surface area (Å²) in [7, 11) is 0. The van der Waals surface area contributed by atoms with E-state index in [9.17, 15) is 40.8 Å². The SMILES string of the molecule is Cc1ccc(Cn2c(-c3ccccc3)cc(C(F)(F)C(F)(F)C(F)(F)F)c(C#N)c2=O)c(C)c1. The first-order chi connectivity index (χ1) is 15.7. The summed E-state index contributed by atoms with van der Waals surface area (Å²) in [6.07, 6.45) is -6.62. The highest BCUT2D eigenvalue weighted by Crippen LogP contribution is 2.52. The van der Waals surface area contributed by atoms with E-state index in [1.165, 1.54) is 24.3 Å². The second-order valence-corrected chi connectivity index (χ2v) is 7.76. The van der Waals surface area contributed by atoms with Gasteiger partial charge in [-0.15, -0.1) is 0 Å². The number of nitriles is 1. The Hall–Kier alpha value is -3.61. The molecular formula is C24H17F7N2O. The molecular weight excluding hydrogens is 465 g/mol. The minimum Gasteiger partial charge on any atom is -0.303 e. The molecule has 178 valence electrons. The smallest absolute Gasteiger partial charge is 0.303 e. The van der Waals surface area contributed by atoms with Gasteiger partial charge in [-0.2, -0.15) is 36.0 Å². The highest BCUT2D eigenvalue weighted by molar-refractivity contribution is 5.63. The molecule has 10 heteroatoms. The van der Waals surface area contributed by atoms with Crippen LogP contribution < -0.4 is 5.56 Å². The van der Waals surface area contributed by atoms with Crippen LogP contribution in [-0.2, 0) is 12.5 Å². The lowest BCUT2D eigenvalue weighted by atomic mass is 9.95. The van der Waals surface area contributed by atoms with Gasteiger partial charge in [-0.05, 0) is 36.6 Å². The Morgan fingerprint density at radius 2 is 1.53 bits per heavy atom. The lowest BCUT2D eigenvalue weighted by molar-refractivity contribution is -0.359. The monoisotopic (exact) mass is 482 g/mol. The van der Waals surface area contributed by atoms with E-state index in [0.29, 0.717) is 11.6 Å². The number of pyridine rings is 1. The number of aryl methyl sites for hydroxylation is 2. The van der Waals surface area contributed by atoms with E-state index in [-0.39, 0.29) is 17.8 Å². The van der Waals surface area contributed by atoms with Gasteiger partial charge in [0.2, 0.25) is 0 Å². The van der Waals surface area contributed by atoms with Crippen molar-refractivity contribution >= 4 is 0 Å². The summed E-state index contributed by atoms with van der Waals surface area (Å²) in [6, 6.07) is 13.9. The molecule has 0 fully saturated rings. The van der Waals surface area contributed by atoms with Gasteiger partial charge in [0.05, 0.1) is 17.8 Å². The van der Waals surface area contributed by atoms with E-state index in [0.717, 1.165) is 21.8 Å². The summed E-state index contributed by atoms with van der Waals surface area (Å²) in [6.45, 7) is 3.32. The number of alkyl halides is 7. The van der Waals surface area contributed by atoms with Crippen LogP contribution in [0, 0.1) is 25.2 Å². The average Bonchev–Trinajstić information content (AvgIpc) is 2.76. The number of hydrogen-bond donors (Lipinski definition) is 0. The predicted molar refractivity (Wildman–Crippen MR) is 111 cm³/mol. The minimum absolute atomic E-state index is 0.112. The Balaban J connectivity index is 2.37. The summed E-state index contributed by atoms with van der Waals surface area (Å²) in [5.74, 6) is -12.4. The fraction of sp³-hybridized carbons (Fsp3) is 0.250. The van der Waals surface area contributed by atoms with Crippen LogP contribution in [0.5, 0.6) is 0 Å². The third-order valence-corrected chi connectivity index (χ3v) is 5.40. The van der Waals surface area contributed by atoms with Gasteiger partial charge >= 0.3 is 18.0 Å². The summed E-state index contributed by atoms with van der Waals surface area (Å²) < 4.78 is 96.3. The maximum Gasteiger partial charge on any atom is 0.460 e. The Labute approximate surface area is 189 Å². The molecule has 0 spiro atoms. The number of rotatable bonds is 5. The Bertz CT molecular complexity index is 1320. The first-order valence-electron chi connectivity index (χ1n) is 9.84. The van der Waals surface area contributed by atoms with Crippen LogP contribution in [0.4, 0.5) is 30.7 Å². The van der Waals surface area contributed by atoms with Crippen molar-refractivity contribution in [1.82, 2.24) is 4.57 Å². The fourth-order valence-electron chi connectivity index (χ4n) is 3.55. The topological polar surface area (TPSA) is 45.8 Å². The van der Waals surface area contributed by atoms with Crippen molar-refractivity contribution < 1.29 is 30.7 Å². The maximum absolute atomic E-state index is 14.7. The highest BCUT2D eigenvalue weighted by atomic mass is 19.4. The number of aromatic nitrogens is 1. The molecule has 0 bridgehead atoms. The second kappa shape index (κ2) is 8.63. The molecule has 0 amide bonds. The molecule has 0 aliphatic rings. The molecule has 0 saturated carbocycles. The van der Waals surface area contributed by atoms with Crippen molar-refractivity contribution in [3.05, 3.63) is 92.8 Å². The lowest BCUT2D eigenvalue weighted by Gasteiger charge is -2.29. The maximum atomic E-state index is 14.7. The molecule has 0 radical (unpaired) electrons. The van der Waals surface area contributed by atoms with Gasteiger partial charge in [0.15, 0.2) is 0 Å². The minimum atomic E-state index is -6.62. The lowest BCUT2D eigenvalue weighted by Crippen LogP contribution is -2.51. The largest absolute Gasteiger partial charge is 0.460 e. The van der Waals surface area contributed by atoms with Crippen molar-refractivity contribution in [2.24, 2.45) is 0 Å². The number of halogens is 7. The first-order valence-corrected chi connectivity index (χ1v) is 9.84. The Morgan fingerprint density at radius 1 is 0.912 bits per heavy atom. The fourth-order valence-corrected chi connectivity index (χ4v) is 3.55. The molecule has 1 heterocycles. The quantitative estimate of drug-likeness (QED) is 0.399. The van der Waals surface area contributed by atoms with Gasteiger partial charge in [-0.1, -0.05) is 54.1 Å². The van der Waals surface area contributed by atoms with Crippen LogP contribution in [0.15, 0.2) is 59.4 Å². The van der Waals surface area contributed by atoms with Crippen molar-refractivity contribution in [1.29, 1.82) is 5.26 Å². The summed E-state index contributed by atoms with van der Waals surface area (Å²) in [4.78, 5) is 13.1. The average molecular weight is 482 g/mol. The van der Waals surface area contributed by atoms with E-state index in [4.69, 9.17) is 0 Å². The standard InChI is InChI=1S/C24H17F7N2O/c1-14-8-9-17(15(2)10-14)13-33-20(16-6-4-3-5-7-16)11-19(18(12-32)21(33)34)22(25,26)23(27,28)24(29,30)31/h3-11H,13H2,1-2H3. The van der Waals surface area contributed by atoms with Crippen LogP contribution in [-0.4, -0.2) is 16.7 Å². The summed E-state index contributed by atoms with van der Waals surface area (Å²) >= 11 is 0. The van der Waals surface area contributed by atoms with Crippen molar-refractivity contribution in [2.75, 3.05) is 0 Å². The molecule has 3 nitrogen and oxygen atoms in total. The van der Waals surface area contributed by atoms with Gasteiger partial charge in [0, 0.05) is 0 Å². The van der Waals surface area contributed by atoms with E-state index in [2.05, 4.69) is 0 Å².